The first-order chi connectivity index (χ1) is 7.15. The van der Waals surface area contributed by atoms with Gasteiger partial charge in [-0.25, -0.2) is 4.79 Å². The number of hydrogen-bond acceptors (Lipinski definition) is 3. The minimum absolute atomic E-state index is 0.0565. The number of aromatic nitrogens is 2. The number of hydrogen-bond donors (Lipinski definition) is 2. The third-order valence-electron chi connectivity index (χ3n) is 1.99. The Hall–Kier alpha value is -1.85. The zero-order valence-electron chi connectivity index (χ0n) is 8.43. The summed E-state index contributed by atoms with van der Waals surface area (Å²) >= 11 is 0. The number of rotatable bonds is 5. The lowest BCUT2D eigenvalue weighted by Gasteiger charge is -2.03. The van der Waals surface area contributed by atoms with Crippen LogP contribution in [0.2, 0.25) is 0 Å². The van der Waals surface area contributed by atoms with Crippen LogP contribution < -0.4 is 5.32 Å². The zero-order valence-corrected chi connectivity index (χ0v) is 8.43. The number of aryl methyl sites for hydroxylation is 1. The van der Waals surface area contributed by atoms with Crippen molar-refractivity contribution < 1.29 is 14.7 Å². The van der Waals surface area contributed by atoms with E-state index in [9.17, 15) is 9.59 Å². The molecule has 0 bridgehead atoms. The lowest BCUT2D eigenvalue weighted by Crippen LogP contribution is -2.18. The second-order valence-electron chi connectivity index (χ2n) is 3.02. The first kappa shape index (κ1) is 11.2. The number of amides is 1. The van der Waals surface area contributed by atoms with Gasteiger partial charge in [0.2, 0.25) is 5.91 Å². The van der Waals surface area contributed by atoms with Crippen molar-refractivity contribution in [3.8, 4) is 0 Å². The molecule has 1 rings (SSSR count). The Morgan fingerprint density at radius 1 is 1.60 bits per heavy atom. The summed E-state index contributed by atoms with van der Waals surface area (Å²) in [5, 5.41) is 15.1. The highest BCUT2D eigenvalue weighted by Crippen LogP contribution is 2.01. The normalized spacial score (nSPS) is 9.93. The van der Waals surface area contributed by atoms with Crippen molar-refractivity contribution in [2.75, 3.05) is 7.05 Å². The Morgan fingerprint density at radius 3 is 2.93 bits per heavy atom. The van der Waals surface area contributed by atoms with E-state index in [1.54, 1.807) is 7.05 Å². The number of carboxylic acids is 1. The fraction of sp³-hybridized carbons (Fsp3) is 0.444. The van der Waals surface area contributed by atoms with E-state index in [-0.39, 0.29) is 11.6 Å². The van der Waals surface area contributed by atoms with Gasteiger partial charge in [0.25, 0.3) is 0 Å². The number of carbonyl (C=O) groups excluding carboxylic acids is 1. The molecule has 0 radical (unpaired) electrons. The van der Waals surface area contributed by atoms with Crippen LogP contribution in [0.25, 0.3) is 0 Å². The Bertz CT molecular complexity index is 359. The minimum Gasteiger partial charge on any atom is -0.477 e. The maximum Gasteiger partial charge on any atom is 0.354 e. The van der Waals surface area contributed by atoms with Gasteiger partial charge in [0.1, 0.15) is 5.69 Å². The van der Waals surface area contributed by atoms with Crippen LogP contribution in [-0.4, -0.2) is 33.8 Å². The second kappa shape index (κ2) is 5.14. The molecular formula is C9H13N3O3. The summed E-state index contributed by atoms with van der Waals surface area (Å²) in [5.74, 6) is -1.06. The molecular weight excluding hydrogens is 198 g/mol. The minimum atomic E-state index is -1.01. The van der Waals surface area contributed by atoms with E-state index in [1.165, 1.54) is 16.9 Å². The SMILES string of the molecule is CNC(=O)CCCn1nccc1C(=O)O. The van der Waals surface area contributed by atoms with Crippen molar-refractivity contribution in [3.63, 3.8) is 0 Å². The summed E-state index contributed by atoms with van der Waals surface area (Å²) in [4.78, 5) is 21.6. The van der Waals surface area contributed by atoms with Crippen molar-refractivity contribution in [1.29, 1.82) is 0 Å². The molecule has 0 aliphatic carbocycles. The van der Waals surface area contributed by atoms with Gasteiger partial charge in [-0.3, -0.25) is 9.48 Å². The molecule has 1 aromatic heterocycles. The first-order valence-electron chi connectivity index (χ1n) is 4.61. The maximum atomic E-state index is 10.9. The Balaban J connectivity index is 2.47. The highest BCUT2D eigenvalue weighted by Gasteiger charge is 2.09. The van der Waals surface area contributed by atoms with Crippen LogP contribution in [0, 0.1) is 0 Å². The topological polar surface area (TPSA) is 84.2 Å². The number of nitrogens with zero attached hydrogens (tertiary/aromatic N) is 2. The molecule has 82 valence electrons. The van der Waals surface area contributed by atoms with Gasteiger partial charge in [0, 0.05) is 26.2 Å². The van der Waals surface area contributed by atoms with Crippen molar-refractivity contribution in [3.05, 3.63) is 18.0 Å². The van der Waals surface area contributed by atoms with E-state index in [1.807, 2.05) is 0 Å². The number of carbonyl (C=O) groups is 2. The smallest absolute Gasteiger partial charge is 0.354 e. The lowest BCUT2D eigenvalue weighted by molar-refractivity contribution is -0.120. The van der Waals surface area contributed by atoms with E-state index < -0.39 is 5.97 Å². The van der Waals surface area contributed by atoms with Gasteiger partial charge < -0.3 is 10.4 Å². The molecule has 6 nitrogen and oxygen atoms in total. The van der Waals surface area contributed by atoms with Gasteiger partial charge in [-0.05, 0) is 12.5 Å². The molecule has 0 atom stereocenters. The van der Waals surface area contributed by atoms with Gasteiger partial charge in [-0.15, -0.1) is 0 Å². The van der Waals surface area contributed by atoms with Gasteiger partial charge in [0.05, 0.1) is 0 Å². The van der Waals surface area contributed by atoms with Crippen LogP contribution in [-0.2, 0) is 11.3 Å². The van der Waals surface area contributed by atoms with Gasteiger partial charge in [-0.2, -0.15) is 5.10 Å². The molecule has 0 aromatic carbocycles. The molecule has 1 heterocycles. The van der Waals surface area contributed by atoms with Crippen molar-refractivity contribution in [1.82, 2.24) is 15.1 Å². The predicted molar refractivity (Wildman–Crippen MR) is 52.5 cm³/mol. The lowest BCUT2D eigenvalue weighted by atomic mass is 10.3. The van der Waals surface area contributed by atoms with Crippen LogP contribution in [0.3, 0.4) is 0 Å². The van der Waals surface area contributed by atoms with Gasteiger partial charge >= 0.3 is 5.97 Å². The van der Waals surface area contributed by atoms with Gasteiger partial charge in [-0.1, -0.05) is 0 Å². The molecule has 0 fully saturated rings. The molecule has 6 heteroatoms. The summed E-state index contributed by atoms with van der Waals surface area (Å²) in [6.45, 7) is 0.433. The average molecular weight is 211 g/mol. The second-order valence-corrected chi connectivity index (χ2v) is 3.02. The summed E-state index contributed by atoms with van der Waals surface area (Å²) < 4.78 is 1.38. The highest BCUT2D eigenvalue weighted by atomic mass is 16.4. The largest absolute Gasteiger partial charge is 0.477 e. The predicted octanol–water partition coefficient (Wildman–Crippen LogP) is 0.107. The molecule has 2 N–H and O–H groups in total. The van der Waals surface area contributed by atoms with Crippen molar-refractivity contribution in [2.45, 2.75) is 19.4 Å². The quantitative estimate of drug-likeness (QED) is 0.723. The van der Waals surface area contributed by atoms with E-state index in [2.05, 4.69) is 10.4 Å². The van der Waals surface area contributed by atoms with Crippen LogP contribution in [0.15, 0.2) is 12.3 Å². The fourth-order valence-electron chi connectivity index (χ4n) is 1.21. The van der Waals surface area contributed by atoms with Crippen LogP contribution >= 0.6 is 0 Å². The first-order valence-corrected chi connectivity index (χ1v) is 4.61. The molecule has 0 saturated carbocycles. The van der Waals surface area contributed by atoms with E-state index in [0.29, 0.717) is 19.4 Å². The molecule has 0 aliphatic rings. The van der Waals surface area contributed by atoms with Crippen molar-refractivity contribution in [2.24, 2.45) is 0 Å². The van der Waals surface area contributed by atoms with E-state index in [4.69, 9.17) is 5.11 Å². The highest BCUT2D eigenvalue weighted by molar-refractivity contribution is 5.85. The fourth-order valence-corrected chi connectivity index (χ4v) is 1.21. The number of nitrogens with one attached hydrogen (secondary N) is 1. The van der Waals surface area contributed by atoms with E-state index >= 15 is 0 Å². The monoisotopic (exact) mass is 211 g/mol. The summed E-state index contributed by atoms with van der Waals surface area (Å²) in [5.41, 5.74) is 0.145. The van der Waals surface area contributed by atoms with Crippen LogP contribution in [0.4, 0.5) is 0 Å². The third kappa shape index (κ3) is 3.08. The molecule has 0 saturated heterocycles. The zero-order chi connectivity index (χ0) is 11.3. The molecule has 1 amide bonds. The van der Waals surface area contributed by atoms with Gasteiger partial charge in [0.15, 0.2) is 0 Å². The molecule has 0 aliphatic heterocycles. The Kier molecular flexibility index (Phi) is 3.84. The Labute approximate surface area is 86.9 Å². The third-order valence-corrected chi connectivity index (χ3v) is 1.99. The van der Waals surface area contributed by atoms with Crippen LogP contribution in [0.1, 0.15) is 23.3 Å². The molecule has 1 aromatic rings. The Morgan fingerprint density at radius 2 is 2.33 bits per heavy atom. The number of carboxylic acid groups (broad SMARTS) is 1. The maximum absolute atomic E-state index is 10.9. The molecule has 0 spiro atoms. The molecule has 15 heavy (non-hydrogen) atoms. The molecule has 0 unspecified atom stereocenters. The summed E-state index contributed by atoms with van der Waals surface area (Å²) in [6.07, 6.45) is 2.38. The average Bonchev–Trinajstić information content (AvgIpc) is 2.65. The standard InChI is InChI=1S/C9H13N3O3/c1-10-8(13)3-2-6-12-7(9(14)15)4-5-11-12/h4-5H,2-3,6H2,1H3,(H,10,13)(H,14,15). The van der Waals surface area contributed by atoms with Crippen molar-refractivity contribution >= 4 is 11.9 Å². The number of aromatic carboxylic acids is 1. The van der Waals surface area contributed by atoms with Crippen LogP contribution in [0.5, 0.6) is 0 Å². The van der Waals surface area contributed by atoms with E-state index in [0.717, 1.165) is 0 Å². The summed E-state index contributed by atoms with van der Waals surface area (Å²) in [6, 6.07) is 1.43. The summed E-state index contributed by atoms with van der Waals surface area (Å²) in [7, 11) is 1.57.